The van der Waals surface area contributed by atoms with E-state index >= 15 is 0 Å². The second-order valence-electron chi connectivity index (χ2n) is 10.5. The zero-order valence-corrected chi connectivity index (χ0v) is 19.4. The number of hydrogen-bond acceptors (Lipinski definition) is 1. The lowest BCUT2D eigenvalue weighted by Crippen LogP contribution is -2.13. The van der Waals surface area contributed by atoms with Crippen LogP contribution in [0.5, 0.6) is 5.75 Å². The van der Waals surface area contributed by atoms with Gasteiger partial charge in [0.05, 0.1) is 0 Å². The largest absolute Gasteiger partial charge is 0.486 e. The van der Waals surface area contributed by atoms with Crippen LogP contribution in [0.3, 0.4) is 0 Å². The molecule has 0 spiro atoms. The number of rotatable bonds is 6. The third-order valence-electron chi connectivity index (χ3n) is 5.54. The Labute approximate surface area is 183 Å². The highest BCUT2D eigenvalue weighted by Crippen LogP contribution is 2.32. The molecular weight excluding hydrogens is 364 g/mol. The maximum atomic E-state index is 6.45. The Hall–Kier alpha value is -2.54. The summed E-state index contributed by atoms with van der Waals surface area (Å²) < 4.78 is 6.45. The lowest BCUT2D eigenvalue weighted by atomic mass is 9.86. The van der Waals surface area contributed by atoms with Crippen LogP contribution in [0.1, 0.15) is 71.6 Å². The molecule has 30 heavy (non-hydrogen) atoms. The van der Waals surface area contributed by atoms with E-state index in [0.29, 0.717) is 5.41 Å². The predicted molar refractivity (Wildman–Crippen MR) is 129 cm³/mol. The van der Waals surface area contributed by atoms with E-state index < -0.39 is 0 Å². The minimum atomic E-state index is 0.0716. The minimum absolute atomic E-state index is 0.0716. The number of benzene rings is 3. The molecule has 0 aliphatic rings. The highest BCUT2D eigenvalue weighted by molar-refractivity contribution is 5.64. The van der Waals surface area contributed by atoms with E-state index in [4.69, 9.17) is 4.74 Å². The number of hydrogen-bond donors (Lipinski definition) is 0. The van der Waals surface area contributed by atoms with E-state index in [0.717, 1.165) is 18.6 Å². The Morgan fingerprint density at radius 2 is 1.20 bits per heavy atom. The maximum Gasteiger partial charge on any atom is 0.124 e. The van der Waals surface area contributed by atoms with Gasteiger partial charge in [0.15, 0.2) is 0 Å². The third kappa shape index (κ3) is 6.23. The molecule has 3 aromatic rings. The first-order valence-corrected chi connectivity index (χ1v) is 11.0. The van der Waals surface area contributed by atoms with Crippen molar-refractivity contribution in [2.45, 2.75) is 65.9 Å². The van der Waals surface area contributed by atoms with Gasteiger partial charge in [0.25, 0.3) is 0 Å². The second-order valence-corrected chi connectivity index (χ2v) is 10.5. The van der Waals surface area contributed by atoms with Crippen molar-refractivity contribution in [2.24, 2.45) is 5.41 Å². The van der Waals surface area contributed by atoms with Crippen molar-refractivity contribution in [3.05, 3.63) is 90.0 Å². The molecule has 0 N–H and O–H groups in total. The lowest BCUT2D eigenvalue weighted by molar-refractivity contribution is 0.172. The molecule has 0 saturated heterocycles. The van der Waals surface area contributed by atoms with Crippen LogP contribution in [0.2, 0.25) is 0 Å². The number of ether oxygens (including phenoxy) is 1. The van der Waals surface area contributed by atoms with E-state index in [-0.39, 0.29) is 11.5 Å². The first-order valence-electron chi connectivity index (χ1n) is 11.0. The minimum Gasteiger partial charge on any atom is -0.486 e. The first kappa shape index (κ1) is 22.2. The topological polar surface area (TPSA) is 9.23 Å². The van der Waals surface area contributed by atoms with E-state index in [2.05, 4.69) is 120 Å². The maximum absolute atomic E-state index is 6.45. The van der Waals surface area contributed by atoms with Crippen LogP contribution in [0, 0.1) is 5.41 Å². The molecule has 0 heterocycles. The molecule has 3 aromatic carbocycles. The van der Waals surface area contributed by atoms with Gasteiger partial charge in [-0.05, 0) is 58.1 Å². The summed E-state index contributed by atoms with van der Waals surface area (Å²) in [5.41, 5.74) is 5.52. The molecule has 0 radical (unpaired) electrons. The van der Waals surface area contributed by atoms with E-state index in [1.807, 2.05) is 0 Å². The Balaban J connectivity index is 1.75. The Bertz CT molecular complexity index is 907. The summed E-state index contributed by atoms with van der Waals surface area (Å²) in [5.74, 6) is 0.924. The summed E-state index contributed by atoms with van der Waals surface area (Å²) in [6.07, 6.45) is 2.19. The van der Waals surface area contributed by atoms with Gasteiger partial charge >= 0.3 is 0 Å². The van der Waals surface area contributed by atoms with Gasteiger partial charge in [-0.15, -0.1) is 0 Å². The normalized spacial score (nSPS) is 13.1. The molecule has 0 aromatic heterocycles. The lowest BCUT2D eigenvalue weighted by Gasteiger charge is -2.24. The molecule has 1 nitrogen and oxygen atoms in total. The first-order chi connectivity index (χ1) is 14.1. The Morgan fingerprint density at radius 1 is 0.667 bits per heavy atom. The van der Waals surface area contributed by atoms with E-state index in [1.54, 1.807) is 0 Å². The summed E-state index contributed by atoms with van der Waals surface area (Å²) in [7, 11) is 0. The van der Waals surface area contributed by atoms with Gasteiger partial charge in [-0.1, -0.05) is 108 Å². The van der Waals surface area contributed by atoms with Crippen molar-refractivity contribution in [3.8, 4) is 16.9 Å². The fourth-order valence-electron chi connectivity index (χ4n) is 3.58. The Morgan fingerprint density at radius 3 is 1.70 bits per heavy atom. The quantitative estimate of drug-likeness (QED) is 0.402. The molecule has 1 atom stereocenters. The molecular formula is C29H36O. The second kappa shape index (κ2) is 9.08. The van der Waals surface area contributed by atoms with Crippen LogP contribution in [0.4, 0.5) is 0 Å². The molecule has 1 heteroatoms. The van der Waals surface area contributed by atoms with Crippen LogP contribution in [-0.2, 0) is 5.41 Å². The smallest absolute Gasteiger partial charge is 0.124 e. The van der Waals surface area contributed by atoms with Gasteiger partial charge in [-0.3, -0.25) is 0 Å². The van der Waals surface area contributed by atoms with Crippen molar-refractivity contribution in [3.63, 3.8) is 0 Å². The van der Waals surface area contributed by atoms with E-state index in [9.17, 15) is 0 Å². The zero-order chi connectivity index (χ0) is 21.8. The summed E-state index contributed by atoms with van der Waals surface area (Å²) >= 11 is 0. The molecule has 0 fully saturated rings. The van der Waals surface area contributed by atoms with Gasteiger partial charge in [-0.2, -0.15) is 0 Å². The van der Waals surface area contributed by atoms with Crippen LogP contribution in [-0.4, -0.2) is 0 Å². The summed E-state index contributed by atoms with van der Waals surface area (Å²) in [6, 6.07) is 28.0. The highest BCUT2D eigenvalue weighted by atomic mass is 16.5. The van der Waals surface area contributed by atoms with Gasteiger partial charge in [0, 0.05) is 0 Å². The third-order valence-corrected chi connectivity index (χ3v) is 5.54. The van der Waals surface area contributed by atoms with Gasteiger partial charge in [0.2, 0.25) is 0 Å². The summed E-state index contributed by atoms with van der Waals surface area (Å²) in [6.45, 7) is 13.6. The fourth-order valence-corrected chi connectivity index (χ4v) is 3.58. The zero-order valence-electron chi connectivity index (χ0n) is 19.4. The van der Waals surface area contributed by atoms with Crippen LogP contribution < -0.4 is 4.74 Å². The van der Waals surface area contributed by atoms with Crippen molar-refractivity contribution >= 4 is 0 Å². The molecule has 0 aliphatic carbocycles. The molecule has 0 amide bonds. The monoisotopic (exact) mass is 400 g/mol. The van der Waals surface area contributed by atoms with Crippen molar-refractivity contribution in [2.75, 3.05) is 0 Å². The van der Waals surface area contributed by atoms with Crippen molar-refractivity contribution in [1.82, 2.24) is 0 Å². The highest BCUT2D eigenvalue weighted by Gasteiger charge is 2.18. The van der Waals surface area contributed by atoms with Gasteiger partial charge < -0.3 is 4.74 Å². The molecule has 0 aliphatic heterocycles. The fraction of sp³-hybridized carbons (Fsp3) is 0.379. The van der Waals surface area contributed by atoms with Crippen molar-refractivity contribution in [1.29, 1.82) is 0 Å². The SMILES string of the molecule is CC(C)(C)CCC(Oc1ccc(-c2ccc(C(C)(C)C)cc2)cc1)c1ccccc1. The molecule has 0 bridgehead atoms. The Kier molecular flexibility index (Phi) is 6.71. The van der Waals surface area contributed by atoms with Gasteiger partial charge in [-0.25, -0.2) is 0 Å². The van der Waals surface area contributed by atoms with E-state index in [1.165, 1.54) is 22.3 Å². The van der Waals surface area contributed by atoms with Crippen molar-refractivity contribution < 1.29 is 4.74 Å². The average Bonchev–Trinajstić information content (AvgIpc) is 2.71. The average molecular weight is 401 g/mol. The van der Waals surface area contributed by atoms with Gasteiger partial charge in [0.1, 0.15) is 11.9 Å². The standard InChI is InChI=1S/C29H36O/c1-28(2,3)21-20-27(24-10-8-7-9-11-24)30-26-18-14-23(15-19-26)22-12-16-25(17-13-22)29(4,5)6/h7-19,27H,20-21H2,1-6H3. The molecule has 158 valence electrons. The molecule has 0 saturated carbocycles. The predicted octanol–water partition coefficient (Wildman–Crippen LogP) is 8.60. The van der Waals surface area contributed by atoms with Crippen LogP contribution in [0.15, 0.2) is 78.9 Å². The molecule has 1 unspecified atom stereocenters. The summed E-state index contributed by atoms with van der Waals surface area (Å²) in [5, 5.41) is 0. The molecule has 3 rings (SSSR count). The summed E-state index contributed by atoms with van der Waals surface area (Å²) in [4.78, 5) is 0. The van der Waals surface area contributed by atoms with Crippen LogP contribution in [0.25, 0.3) is 11.1 Å². The van der Waals surface area contributed by atoms with Crippen LogP contribution >= 0.6 is 0 Å².